The molecule has 1 atom stereocenters. The summed E-state index contributed by atoms with van der Waals surface area (Å²) in [5.74, 6) is -0.143. The SMILES string of the molecule is CC1(C)CCc2cc([C@]3(C)C(=O)N(Cc4ccc(C(=O)O)cc4)c4ccc(Cl)cc43)ccc2O1. The van der Waals surface area contributed by atoms with E-state index < -0.39 is 11.4 Å². The van der Waals surface area contributed by atoms with Crippen LogP contribution in [0.25, 0.3) is 0 Å². The van der Waals surface area contributed by atoms with Gasteiger partial charge in [0.1, 0.15) is 11.4 Å². The zero-order valence-electron chi connectivity index (χ0n) is 19.4. The monoisotopic (exact) mass is 475 g/mol. The number of aryl methyl sites for hydroxylation is 1. The summed E-state index contributed by atoms with van der Waals surface area (Å²) < 4.78 is 6.15. The summed E-state index contributed by atoms with van der Waals surface area (Å²) in [5, 5.41) is 9.76. The van der Waals surface area contributed by atoms with Crippen LogP contribution in [0.15, 0.2) is 60.7 Å². The minimum absolute atomic E-state index is 0.0379. The third-order valence-corrected chi connectivity index (χ3v) is 7.26. The fourth-order valence-corrected chi connectivity index (χ4v) is 5.15. The second-order valence-electron chi connectivity index (χ2n) is 9.86. The maximum Gasteiger partial charge on any atom is 0.335 e. The van der Waals surface area contributed by atoms with E-state index in [2.05, 4.69) is 19.9 Å². The molecule has 2 heterocycles. The van der Waals surface area contributed by atoms with Gasteiger partial charge in [0.25, 0.3) is 0 Å². The minimum atomic E-state index is -0.976. The van der Waals surface area contributed by atoms with Crippen molar-refractivity contribution in [1.82, 2.24) is 0 Å². The highest BCUT2D eigenvalue weighted by molar-refractivity contribution is 6.31. The van der Waals surface area contributed by atoms with Gasteiger partial charge in [-0.15, -0.1) is 0 Å². The number of benzene rings is 3. The first-order valence-corrected chi connectivity index (χ1v) is 11.7. The molecule has 6 heteroatoms. The number of carboxylic acids is 1. The van der Waals surface area contributed by atoms with Crippen LogP contribution in [0.3, 0.4) is 0 Å². The van der Waals surface area contributed by atoms with Crippen molar-refractivity contribution in [2.24, 2.45) is 0 Å². The molecule has 3 aromatic carbocycles. The van der Waals surface area contributed by atoms with Crippen LogP contribution in [0.1, 0.15) is 59.8 Å². The lowest BCUT2D eigenvalue weighted by molar-refractivity contribution is -0.121. The van der Waals surface area contributed by atoms with E-state index in [1.165, 1.54) is 0 Å². The van der Waals surface area contributed by atoms with Gasteiger partial charge in [-0.2, -0.15) is 0 Å². The van der Waals surface area contributed by atoms with Crippen molar-refractivity contribution in [2.75, 3.05) is 4.90 Å². The van der Waals surface area contributed by atoms with Gasteiger partial charge in [0.15, 0.2) is 0 Å². The quantitative estimate of drug-likeness (QED) is 0.503. The standard InChI is InChI=1S/C28H26ClNO4/c1-27(2)13-12-19-14-20(8-11-24(19)34-27)28(3)22-15-21(29)9-10-23(22)30(26(28)33)16-17-4-6-18(7-5-17)25(31)32/h4-11,14-15H,12-13,16H2,1-3H3,(H,31,32)/t28-/m0/s1. The van der Waals surface area contributed by atoms with Crippen molar-refractivity contribution in [3.05, 3.63) is 93.5 Å². The van der Waals surface area contributed by atoms with E-state index in [0.717, 1.165) is 46.5 Å². The van der Waals surface area contributed by atoms with Crippen LogP contribution < -0.4 is 9.64 Å². The van der Waals surface area contributed by atoms with Gasteiger partial charge in [-0.1, -0.05) is 35.9 Å². The Morgan fingerprint density at radius 2 is 1.79 bits per heavy atom. The Balaban J connectivity index is 1.55. The molecule has 0 unspecified atom stereocenters. The van der Waals surface area contributed by atoms with Gasteiger partial charge in [0.05, 0.1) is 17.5 Å². The Morgan fingerprint density at radius 1 is 1.06 bits per heavy atom. The summed E-state index contributed by atoms with van der Waals surface area (Å²) in [5.41, 5.74) is 3.66. The third-order valence-electron chi connectivity index (χ3n) is 7.02. The first-order valence-electron chi connectivity index (χ1n) is 11.4. The number of carbonyl (C=O) groups excluding carboxylic acids is 1. The van der Waals surface area contributed by atoms with Gasteiger partial charge in [-0.05, 0) is 92.3 Å². The topological polar surface area (TPSA) is 66.8 Å². The van der Waals surface area contributed by atoms with E-state index in [-0.39, 0.29) is 17.1 Å². The summed E-state index contributed by atoms with van der Waals surface area (Å²) in [7, 11) is 0. The molecular formula is C28H26ClNO4. The predicted molar refractivity (Wildman–Crippen MR) is 132 cm³/mol. The Bertz CT molecular complexity index is 1310. The minimum Gasteiger partial charge on any atom is -0.488 e. The van der Waals surface area contributed by atoms with E-state index in [9.17, 15) is 14.7 Å². The number of halogens is 1. The number of carbonyl (C=O) groups is 2. The summed E-state index contributed by atoms with van der Waals surface area (Å²) in [4.78, 5) is 27.0. The van der Waals surface area contributed by atoms with E-state index in [1.807, 2.05) is 31.2 Å². The van der Waals surface area contributed by atoms with Gasteiger partial charge < -0.3 is 14.7 Å². The van der Waals surface area contributed by atoms with Crippen molar-refractivity contribution in [1.29, 1.82) is 0 Å². The molecule has 0 aliphatic carbocycles. The molecule has 0 saturated carbocycles. The number of ether oxygens (including phenoxy) is 1. The van der Waals surface area contributed by atoms with Crippen LogP contribution >= 0.6 is 11.6 Å². The molecular weight excluding hydrogens is 450 g/mol. The molecule has 0 saturated heterocycles. The number of rotatable bonds is 4. The molecule has 2 aliphatic rings. The summed E-state index contributed by atoms with van der Waals surface area (Å²) >= 11 is 6.38. The van der Waals surface area contributed by atoms with Crippen LogP contribution in [-0.2, 0) is 23.2 Å². The van der Waals surface area contributed by atoms with Gasteiger partial charge in [0.2, 0.25) is 5.91 Å². The zero-order valence-corrected chi connectivity index (χ0v) is 20.1. The molecule has 3 aromatic rings. The molecule has 5 nitrogen and oxygen atoms in total. The second kappa shape index (κ2) is 7.88. The Kier molecular flexibility index (Phi) is 5.21. The third kappa shape index (κ3) is 3.64. The lowest BCUT2D eigenvalue weighted by Crippen LogP contribution is -2.39. The summed E-state index contributed by atoms with van der Waals surface area (Å²) in [6.45, 7) is 6.47. The number of hydrogen-bond acceptors (Lipinski definition) is 3. The fourth-order valence-electron chi connectivity index (χ4n) is 4.98. The highest BCUT2D eigenvalue weighted by Gasteiger charge is 2.49. The molecule has 174 valence electrons. The smallest absolute Gasteiger partial charge is 0.335 e. The maximum atomic E-state index is 14.0. The predicted octanol–water partition coefficient (Wildman–Crippen LogP) is 5.99. The number of aromatic carboxylic acids is 1. The number of carboxylic acid groups (broad SMARTS) is 1. The van der Waals surface area contributed by atoms with Crippen molar-refractivity contribution in [3.63, 3.8) is 0 Å². The van der Waals surface area contributed by atoms with Crippen LogP contribution in [0.5, 0.6) is 5.75 Å². The number of nitrogens with zero attached hydrogens (tertiary/aromatic N) is 1. The molecule has 0 spiro atoms. The lowest BCUT2D eigenvalue weighted by atomic mass is 9.76. The normalized spacial score (nSPS) is 20.5. The zero-order chi connectivity index (χ0) is 24.3. The van der Waals surface area contributed by atoms with Gasteiger partial charge in [0, 0.05) is 10.7 Å². The summed E-state index contributed by atoms with van der Waals surface area (Å²) in [6, 6.07) is 18.2. The molecule has 34 heavy (non-hydrogen) atoms. The van der Waals surface area contributed by atoms with Crippen molar-refractivity contribution >= 4 is 29.2 Å². The maximum absolute atomic E-state index is 14.0. The van der Waals surface area contributed by atoms with Gasteiger partial charge in [-0.3, -0.25) is 4.79 Å². The van der Waals surface area contributed by atoms with E-state index in [4.69, 9.17) is 16.3 Å². The van der Waals surface area contributed by atoms with E-state index >= 15 is 0 Å². The number of amides is 1. The van der Waals surface area contributed by atoms with Crippen LogP contribution in [0.2, 0.25) is 5.02 Å². The molecule has 5 rings (SSSR count). The first kappa shape index (κ1) is 22.5. The Labute approximate surface area is 203 Å². The number of fused-ring (bicyclic) bond motifs is 2. The largest absolute Gasteiger partial charge is 0.488 e. The van der Waals surface area contributed by atoms with Crippen LogP contribution in [0, 0.1) is 0 Å². The molecule has 1 N–H and O–H groups in total. The van der Waals surface area contributed by atoms with Gasteiger partial charge >= 0.3 is 5.97 Å². The Hall–Kier alpha value is -3.31. The van der Waals surface area contributed by atoms with Crippen molar-refractivity contribution in [3.8, 4) is 5.75 Å². The fraction of sp³-hybridized carbons (Fsp3) is 0.286. The highest BCUT2D eigenvalue weighted by Crippen LogP contribution is 2.48. The average Bonchev–Trinajstić information content (AvgIpc) is 3.00. The molecule has 0 aromatic heterocycles. The average molecular weight is 476 g/mol. The van der Waals surface area contributed by atoms with E-state index in [1.54, 1.807) is 35.2 Å². The van der Waals surface area contributed by atoms with Crippen molar-refractivity contribution < 1.29 is 19.4 Å². The molecule has 0 radical (unpaired) electrons. The van der Waals surface area contributed by atoms with E-state index in [0.29, 0.717) is 11.6 Å². The second-order valence-corrected chi connectivity index (χ2v) is 10.3. The van der Waals surface area contributed by atoms with Gasteiger partial charge in [-0.25, -0.2) is 4.79 Å². The molecule has 0 fully saturated rings. The molecule has 0 bridgehead atoms. The highest BCUT2D eigenvalue weighted by atomic mass is 35.5. The number of hydrogen-bond donors (Lipinski definition) is 1. The lowest BCUT2D eigenvalue weighted by Gasteiger charge is -2.34. The number of anilines is 1. The van der Waals surface area contributed by atoms with Crippen molar-refractivity contribution in [2.45, 2.75) is 51.2 Å². The van der Waals surface area contributed by atoms with Crippen LogP contribution in [0.4, 0.5) is 5.69 Å². The molecule has 1 amide bonds. The summed E-state index contributed by atoms with van der Waals surface area (Å²) in [6.07, 6.45) is 1.80. The molecule has 2 aliphatic heterocycles. The first-order chi connectivity index (χ1) is 16.1. The van der Waals surface area contributed by atoms with Crippen LogP contribution in [-0.4, -0.2) is 22.6 Å². The Morgan fingerprint density at radius 3 is 2.50 bits per heavy atom.